The quantitative estimate of drug-likeness (QED) is 0.882. The Morgan fingerprint density at radius 3 is 2.56 bits per heavy atom. The van der Waals surface area contributed by atoms with Gasteiger partial charge in [-0.1, -0.05) is 18.3 Å². The van der Waals surface area contributed by atoms with E-state index in [1.165, 1.54) is 4.31 Å². The molecule has 0 aliphatic heterocycles. The summed E-state index contributed by atoms with van der Waals surface area (Å²) >= 11 is 4.33. The number of nitrogens with zero attached hydrogens (tertiary/aromatic N) is 2. The third kappa shape index (κ3) is 2.80. The van der Waals surface area contributed by atoms with E-state index in [4.69, 9.17) is 5.11 Å². The molecule has 0 saturated heterocycles. The van der Waals surface area contributed by atoms with Crippen LogP contribution in [0.1, 0.15) is 12.6 Å². The summed E-state index contributed by atoms with van der Waals surface area (Å²) < 4.78 is 26.1. The molecule has 0 aliphatic rings. The molecular weight excluding hydrogens is 316 g/mol. The summed E-state index contributed by atoms with van der Waals surface area (Å²) in [5.74, 6) is 0. The molecule has 1 heterocycles. The summed E-state index contributed by atoms with van der Waals surface area (Å²) in [7, 11) is -3.56. The molecule has 0 radical (unpaired) electrons. The van der Waals surface area contributed by atoms with E-state index >= 15 is 0 Å². The van der Waals surface area contributed by atoms with E-state index in [0.717, 1.165) is 11.3 Å². The summed E-state index contributed by atoms with van der Waals surface area (Å²) in [6.45, 7) is 3.68. The highest BCUT2D eigenvalue weighted by Crippen LogP contribution is 2.28. The van der Waals surface area contributed by atoms with Crippen LogP contribution in [0.5, 0.6) is 0 Å². The van der Waals surface area contributed by atoms with Crippen LogP contribution in [-0.2, 0) is 10.0 Å². The van der Waals surface area contributed by atoms with Gasteiger partial charge in [0.05, 0.1) is 16.1 Å². The van der Waals surface area contributed by atoms with Crippen molar-refractivity contribution < 1.29 is 13.5 Å². The van der Waals surface area contributed by atoms with Gasteiger partial charge in [0.15, 0.2) is 0 Å². The molecule has 0 unspecified atom stereocenters. The summed E-state index contributed by atoms with van der Waals surface area (Å²) in [5, 5.41) is 8.81. The van der Waals surface area contributed by atoms with Crippen molar-refractivity contribution in [2.75, 3.05) is 19.7 Å². The highest BCUT2D eigenvalue weighted by molar-refractivity contribution is 9.11. The van der Waals surface area contributed by atoms with Crippen molar-refractivity contribution in [2.24, 2.45) is 0 Å². The summed E-state index contributed by atoms with van der Waals surface area (Å²) in [6, 6.07) is 0. The van der Waals surface area contributed by atoms with Crippen molar-refractivity contribution in [1.29, 1.82) is 0 Å². The minimum Gasteiger partial charge on any atom is -0.395 e. The molecule has 1 N–H and O–H groups in total. The molecule has 0 saturated carbocycles. The topological polar surface area (TPSA) is 70.5 Å². The van der Waals surface area contributed by atoms with E-state index < -0.39 is 10.0 Å². The van der Waals surface area contributed by atoms with Gasteiger partial charge < -0.3 is 5.11 Å². The molecule has 0 aromatic carbocycles. The Balaban J connectivity index is 3.09. The van der Waals surface area contributed by atoms with Crippen LogP contribution in [0.15, 0.2) is 8.13 Å². The zero-order valence-electron chi connectivity index (χ0n) is 8.97. The molecule has 92 valence electrons. The maximum atomic E-state index is 12.1. The Hall–Kier alpha value is -0.0200. The van der Waals surface area contributed by atoms with Crippen molar-refractivity contribution in [2.45, 2.75) is 18.2 Å². The number of hydrogen-bond acceptors (Lipinski definition) is 5. The molecule has 1 aromatic rings. The van der Waals surface area contributed by atoms with Crippen LogP contribution in [0.25, 0.3) is 0 Å². The van der Waals surface area contributed by atoms with Crippen molar-refractivity contribution in [3.8, 4) is 0 Å². The van der Waals surface area contributed by atoms with Gasteiger partial charge in [0.2, 0.25) is 4.34 Å². The van der Waals surface area contributed by atoms with Crippen molar-refractivity contribution in [3.63, 3.8) is 0 Å². The second kappa shape index (κ2) is 5.54. The van der Waals surface area contributed by atoms with E-state index in [9.17, 15) is 8.42 Å². The lowest BCUT2D eigenvalue weighted by Crippen LogP contribution is -2.33. The van der Waals surface area contributed by atoms with E-state index in [1.54, 1.807) is 13.8 Å². The fourth-order valence-corrected chi connectivity index (χ4v) is 4.66. The SMILES string of the molecule is CCN(CCO)S(=O)(=O)c1nc(C)c(Br)s1. The maximum absolute atomic E-state index is 12.1. The number of rotatable bonds is 5. The largest absolute Gasteiger partial charge is 0.395 e. The summed E-state index contributed by atoms with van der Waals surface area (Å²) in [4.78, 5) is 3.99. The number of sulfonamides is 1. The molecule has 0 amide bonds. The van der Waals surface area contributed by atoms with Gasteiger partial charge in [-0.2, -0.15) is 4.31 Å². The fourth-order valence-electron chi connectivity index (χ4n) is 1.13. The average Bonchev–Trinajstić information content (AvgIpc) is 2.56. The first-order valence-electron chi connectivity index (χ1n) is 4.67. The number of halogens is 1. The number of likely N-dealkylation sites (N-methyl/N-ethyl adjacent to an activating group) is 1. The zero-order chi connectivity index (χ0) is 12.3. The van der Waals surface area contributed by atoms with E-state index in [2.05, 4.69) is 20.9 Å². The number of aliphatic hydroxyl groups excluding tert-OH is 1. The molecule has 0 spiro atoms. The van der Waals surface area contributed by atoms with Crippen LogP contribution in [0.4, 0.5) is 0 Å². The van der Waals surface area contributed by atoms with Crippen molar-refractivity contribution in [3.05, 3.63) is 9.48 Å². The van der Waals surface area contributed by atoms with Gasteiger partial charge >= 0.3 is 0 Å². The van der Waals surface area contributed by atoms with Crippen molar-refractivity contribution in [1.82, 2.24) is 9.29 Å². The van der Waals surface area contributed by atoms with Crippen LogP contribution < -0.4 is 0 Å². The molecular formula is C8H13BrN2O3S2. The lowest BCUT2D eigenvalue weighted by Gasteiger charge is -2.17. The second-order valence-electron chi connectivity index (χ2n) is 3.06. The Labute approximate surface area is 107 Å². The zero-order valence-corrected chi connectivity index (χ0v) is 12.2. The van der Waals surface area contributed by atoms with Crippen LogP contribution in [-0.4, -0.2) is 42.5 Å². The Bertz CT molecular complexity index is 438. The fraction of sp³-hybridized carbons (Fsp3) is 0.625. The molecule has 0 bridgehead atoms. The predicted octanol–water partition coefficient (Wildman–Crippen LogP) is 1.22. The van der Waals surface area contributed by atoms with E-state index in [-0.39, 0.29) is 17.5 Å². The van der Waals surface area contributed by atoms with Gasteiger partial charge in [0.25, 0.3) is 10.0 Å². The highest BCUT2D eigenvalue weighted by Gasteiger charge is 2.26. The Kier molecular flexibility index (Phi) is 4.87. The lowest BCUT2D eigenvalue weighted by atomic mass is 10.6. The van der Waals surface area contributed by atoms with Gasteiger partial charge in [0, 0.05) is 13.1 Å². The number of hydrogen-bond donors (Lipinski definition) is 1. The number of aliphatic hydroxyl groups is 1. The first-order chi connectivity index (χ1) is 7.43. The first kappa shape index (κ1) is 14.0. The van der Waals surface area contributed by atoms with Gasteiger partial charge in [-0.25, -0.2) is 13.4 Å². The Morgan fingerprint density at radius 1 is 1.56 bits per heavy atom. The average molecular weight is 329 g/mol. The second-order valence-corrected chi connectivity index (χ2v) is 7.49. The molecule has 5 nitrogen and oxygen atoms in total. The summed E-state index contributed by atoms with van der Waals surface area (Å²) in [5.41, 5.74) is 0.656. The van der Waals surface area contributed by atoms with Crippen LogP contribution in [0.2, 0.25) is 0 Å². The first-order valence-corrected chi connectivity index (χ1v) is 7.72. The molecule has 0 fully saturated rings. The minimum atomic E-state index is -3.56. The lowest BCUT2D eigenvalue weighted by molar-refractivity contribution is 0.257. The standard InChI is InChI=1S/C8H13BrN2O3S2/c1-3-11(4-5-12)16(13,14)8-10-6(2)7(9)15-8/h12H,3-5H2,1-2H3. The monoisotopic (exact) mass is 328 g/mol. The molecule has 8 heteroatoms. The molecule has 1 aromatic heterocycles. The highest BCUT2D eigenvalue weighted by atomic mass is 79.9. The molecule has 0 atom stereocenters. The van der Waals surface area contributed by atoms with Gasteiger partial charge in [-0.05, 0) is 22.9 Å². The molecule has 16 heavy (non-hydrogen) atoms. The molecule has 0 aliphatic carbocycles. The van der Waals surface area contributed by atoms with Crippen LogP contribution in [0, 0.1) is 6.92 Å². The third-order valence-corrected chi connectivity index (χ3v) is 6.32. The minimum absolute atomic E-state index is 0.0622. The van der Waals surface area contributed by atoms with E-state index in [1.807, 2.05) is 0 Å². The number of thiazole rings is 1. The molecule has 1 rings (SSSR count). The Morgan fingerprint density at radius 2 is 2.19 bits per heavy atom. The predicted molar refractivity (Wildman–Crippen MR) is 66.1 cm³/mol. The van der Waals surface area contributed by atoms with E-state index in [0.29, 0.717) is 16.0 Å². The van der Waals surface area contributed by atoms with Gasteiger partial charge in [0.1, 0.15) is 0 Å². The van der Waals surface area contributed by atoms with Crippen LogP contribution >= 0.6 is 27.3 Å². The van der Waals surface area contributed by atoms with Gasteiger partial charge in [-0.15, -0.1) is 0 Å². The smallest absolute Gasteiger partial charge is 0.270 e. The normalized spacial score (nSPS) is 12.3. The van der Waals surface area contributed by atoms with Crippen LogP contribution in [0.3, 0.4) is 0 Å². The number of aryl methyl sites for hydroxylation is 1. The van der Waals surface area contributed by atoms with Crippen molar-refractivity contribution >= 4 is 37.3 Å². The third-order valence-electron chi connectivity index (χ3n) is 1.98. The maximum Gasteiger partial charge on any atom is 0.270 e. The van der Waals surface area contributed by atoms with Gasteiger partial charge in [-0.3, -0.25) is 0 Å². The number of aromatic nitrogens is 1. The summed E-state index contributed by atoms with van der Waals surface area (Å²) in [6.07, 6.45) is 0.